The lowest BCUT2D eigenvalue weighted by Crippen LogP contribution is -2.46. The summed E-state index contributed by atoms with van der Waals surface area (Å²) >= 11 is 0. The number of imidazole rings is 1. The molecule has 0 atom stereocenters. The molecule has 1 saturated heterocycles. The van der Waals surface area contributed by atoms with Crippen LogP contribution < -0.4 is 11.1 Å². The minimum atomic E-state index is -0.736. The van der Waals surface area contributed by atoms with Crippen LogP contribution in [0, 0.1) is 28.1 Å². The van der Waals surface area contributed by atoms with Gasteiger partial charge in [0.05, 0.1) is 17.7 Å². The molecule has 3 amide bonds. The van der Waals surface area contributed by atoms with E-state index in [9.17, 15) is 14.9 Å². The number of nitrogens with two attached hydrogens (primary N) is 1. The number of benzene rings is 1. The van der Waals surface area contributed by atoms with Crippen molar-refractivity contribution in [2.45, 2.75) is 51.4 Å². The number of nitrogens with one attached hydrogen (secondary N) is 2. The molecule has 0 unspecified atom stereocenters. The number of nitriles is 2. The molecule has 2 aromatic rings. The van der Waals surface area contributed by atoms with Crippen LogP contribution in [0.3, 0.4) is 0 Å². The Morgan fingerprint density at radius 3 is 2.51 bits per heavy atom. The number of hydrogen-bond acceptors (Lipinski definition) is 5. The molecule has 1 aliphatic carbocycles. The fourth-order valence-electron chi connectivity index (χ4n) is 4.79. The summed E-state index contributed by atoms with van der Waals surface area (Å²) in [6, 6.07) is 9.67. The Kier molecular flexibility index (Phi) is 6.36. The number of aromatic amines is 1. The summed E-state index contributed by atoms with van der Waals surface area (Å²) in [5, 5.41) is 22.1. The van der Waals surface area contributed by atoms with Gasteiger partial charge < -0.3 is 20.9 Å². The van der Waals surface area contributed by atoms with Gasteiger partial charge in [-0.2, -0.15) is 10.5 Å². The minimum absolute atomic E-state index is 0.0580. The van der Waals surface area contributed by atoms with Crippen molar-refractivity contribution in [3.63, 3.8) is 0 Å². The highest BCUT2D eigenvalue weighted by Crippen LogP contribution is 2.42. The van der Waals surface area contributed by atoms with E-state index in [1.807, 2.05) is 24.3 Å². The van der Waals surface area contributed by atoms with Crippen LogP contribution in [0.25, 0.3) is 5.57 Å². The van der Waals surface area contributed by atoms with Gasteiger partial charge in [-0.25, -0.2) is 9.78 Å². The highest BCUT2D eigenvalue weighted by molar-refractivity contribution is 6.03. The number of nitrogens with zero attached hydrogens (tertiary/aromatic N) is 4. The number of H-pyrrole nitrogens is 1. The van der Waals surface area contributed by atoms with E-state index in [2.05, 4.69) is 41.3 Å². The second-order valence-corrected chi connectivity index (χ2v) is 10.1. The van der Waals surface area contributed by atoms with Crippen molar-refractivity contribution in [2.75, 3.05) is 18.4 Å². The SMILES string of the molecule is CC1(C)CC=C(c2cc(C3(C#N)CCN(C(N)=O)CC3)ccc2NC(=O)c2ncc(C#N)[nH]2)CC1. The molecule has 4 N–H and O–H groups in total. The average Bonchev–Trinajstić information content (AvgIpc) is 3.34. The first-order valence-corrected chi connectivity index (χ1v) is 11.7. The fourth-order valence-corrected chi connectivity index (χ4v) is 4.79. The van der Waals surface area contributed by atoms with Gasteiger partial charge in [-0.3, -0.25) is 4.79 Å². The van der Waals surface area contributed by atoms with Crippen LogP contribution in [0.5, 0.6) is 0 Å². The first-order valence-electron chi connectivity index (χ1n) is 11.7. The van der Waals surface area contributed by atoms with E-state index in [1.165, 1.54) is 6.20 Å². The lowest BCUT2D eigenvalue weighted by Gasteiger charge is -2.37. The molecule has 180 valence electrons. The van der Waals surface area contributed by atoms with Crippen molar-refractivity contribution in [3.8, 4) is 12.1 Å². The Labute approximate surface area is 204 Å². The van der Waals surface area contributed by atoms with Gasteiger partial charge in [-0.15, -0.1) is 0 Å². The monoisotopic (exact) mass is 471 g/mol. The number of allylic oxidation sites excluding steroid dienone is 2. The van der Waals surface area contributed by atoms with E-state index in [1.54, 1.807) is 4.90 Å². The third kappa shape index (κ3) is 4.90. The lowest BCUT2D eigenvalue weighted by molar-refractivity contribution is 0.101. The second kappa shape index (κ2) is 9.27. The number of primary amides is 1. The van der Waals surface area contributed by atoms with Crippen molar-refractivity contribution < 1.29 is 9.59 Å². The number of aromatic nitrogens is 2. The van der Waals surface area contributed by atoms with Crippen molar-refractivity contribution in [1.82, 2.24) is 14.9 Å². The van der Waals surface area contributed by atoms with E-state index in [0.717, 1.165) is 36.0 Å². The first-order chi connectivity index (χ1) is 16.7. The minimum Gasteiger partial charge on any atom is -0.351 e. The highest BCUT2D eigenvalue weighted by atomic mass is 16.2. The van der Waals surface area contributed by atoms with Crippen LogP contribution in [-0.4, -0.2) is 39.9 Å². The number of amides is 3. The van der Waals surface area contributed by atoms with Gasteiger partial charge in [0.25, 0.3) is 5.91 Å². The van der Waals surface area contributed by atoms with Gasteiger partial charge in [-0.05, 0) is 60.8 Å². The number of anilines is 1. The van der Waals surface area contributed by atoms with Crippen LogP contribution >= 0.6 is 0 Å². The molecule has 9 nitrogen and oxygen atoms in total. The third-order valence-corrected chi connectivity index (χ3v) is 7.19. The van der Waals surface area contributed by atoms with E-state index < -0.39 is 17.4 Å². The maximum atomic E-state index is 12.9. The predicted molar refractivity (Wildman–Crippen MR) is 131 cm³/mol. The Hall–Kier alpha value is -4.11. The molecule has 1 aromatic heterocycles. The number of urea groups is 1. The van der Waals surface area contributed by atoms with Gasteiger partial charge in [0, 0.05) is 24.3 Å². The lowest BCUT2D eigenvalue weighted by atomic mass is 9.72. The van der Waals surface area contributed by atoms with Crippen molar-refractivity contribution in [2.24, 2.45) is 11.1 Å². The molecule has 0 bridgehead atoms. The standard InChI is InChI=1S/C26H29N7O2/c1-25(2)7-5-17(6-8-25)20-13-18(26(16-28)9-11-33(12-10-26)24(29)35)3-4-21(20)32-23(34)22-30-15-19(14-27)31-22/h3-5,13,15H,6-12H2,1-2H3,(H2,29,35)(H,30,31)(H,32,34). The van der Waals surface area contributed by atoms with Gasteiger partial charge in [0.15, 0.2) is 5.82 Å². The Bertz CT molecular complexity index is 1270. The molecule has 1 aromatic carbocycles. The maximum absolute atomic E-state index is 12.9. The number of rotatable bonds is 4. The van der Waals surface area contributed by atoms with Crippen molar-refractivity contribution >= 4 is 23.2 Å². The van der Waals surface area contributed by atoms with Crippen LogP contribution in [0.1, 0.15) is 73.4 Å². The number of carbonyl (C=O) groups is 2. The van der Waals surface area contributed by atoms with E-state index in [4.69, 9.17) is 11.0 Å². The zero-order chi connectivity index (χ0) is 25.2. The van der Waals surface area contributed by atoms with Gasteiger partial charge in [0.2, 0.25) is 0 Å². The molecule has 0 radical (unpaired) electrons. The molecule has 0 saturated carbocycles. The summed E-state index contributed by atoms with van der Waals surface area (Å²) in [5.41, 5.74) is 8.62. The highest BCUT2D eigenvalue weighted by Gasteiger charge is 2.38. The molecule has 0 spiro atoms. The number of likely N-dealkylation sites (tertiary alicyclic amines) is 1. The van der Waals surface area contributed by atoms with Crippen molar-refractivity contribution in [1.29, 1.82) is 10.5 Å². The van der Waals surface area contributed by atoms with Crippen LogP contribution in [0.4, 0.5) is 10.5 Å². The molecule has 1 aliphatic heterocycles. The van der Waals surface area contributed by atoms with E-state index >= 15 is 0 Å². The normalized spacial score (nSPS) is 18.6. The molecule has 35 heavy (non-hydrogen) atoms. The maximum Gasteiger partial charge on any atom is 0.314 e. The first kappa shape index (κ1) is 24.0. The zero-order valence-electron chi connectivity index (χ0n) is 20.0. The Morgan fingerprint density at radius 2 is 1.94 bits per heavy atom. The fraction of sp³-hybridized carbons (Fsp3) is 0.423. The summed E-state index contributed by atoms with van der Waals surface area (Å²) in [7, 11) is 0. The summed E-state index contributed by atoms with van der Waals surface area (Å²) in [5.74, 6) is -0.385. The molecule has 2 heterocycles. The van der Waals surface area contributed by atoms with Gasteiger partial charge >= 0.3 is 6.03 Å². The Morgan fingerprint density at radius 1 is 1.20 bits per heavy atom. The molecule has 9 heteroatoms. The van der Waals surface area contributed by atoms with E-state index in [0.29, 0.717) is 31.6 Å². The summed E-state index contributed by atoms with van der Waals surface area (Å²) in [6.45, 7) is 5.32. The zero-order valence-corrected chi connectivity index (χ0v) is 20.0. The van der Waals surface area contributed by atoms with Crippen LogP contribution in [-0.2, 0) is 5.41 Å². The largest absolute Gasteiger partial charge is 0.351 e. The molecule has 4 rings (SSSR count). The van der Waals surface area contributed by atoms with Crippen LogP contribution in [0.2, 0.25) is 0 Å². The van der Waals surface area contributed by atoms with E-state index in [-0.39, 0.29) is 16.9 Å². The average molecular weight is 472 g/mol. The summed E-state index contributed by atoms with van der Waals surface area (Å²) in [4.78, 5) is 32.7. The molecular formula is C26H29N7O2. The van der Waals surface area contributed by atoms with Gasteiger partial charge in [0.1, 0.15) is 11.8 Å². The quantitative estimate of drug-likeness (QED) is 0.614. The smallest absolute Gasteiger partial charge is 0.314 e. The molecule has 1 fully saturated rings. The van der Waals surface area contributed by atoms with Gasteiger partial charge in [-0.1, -0.05) is 26.0 Å². The third-order valence-electron chi connectivity index (χ3n) is 7.19. The number of hydrogen-bond donors (Lipinski definition) is 3. The number of piperidine rings is 1. The van der Waals surface area contributed by atoms with Crippen molar-refractivity contribution in [3.05, 3.63) is 53.1 Å². The van der Waals surface area contributed by atoms with Crippen LogP contribution in [0.15, 0.2) is 30.5 Å². The second-order valence-electron chi connectivity index (χ2n) is 10.1. The topological polar surface area (TPSA) is 152 Å². The summed E-state index contributed by atoms with van der Waals surface area (Å²) < 4.78 is 0. The summed E-state index contributed by atoms with van der Waals surface area (Å²) in [6.07, 6.45) is 7.30. The molecule has 2 aliphatic rings. The Balaban J connectivity index is 1.70. The predicted octanol–water partition coefficient (Wildman–Crippen LogP) is 4.06. The molecular weight excluding hydrogens is 442 g/mol. The number of carbonyl (C=O) groups excluding carboxylic acids is 2.